The quantitative estimate of drug-likeness (QED) is 0.712. The minimum atomic E-state index is 0.0737. The topological polar surface area (TPSA) is 44.1 Å². The fourth-order valence-corrected chi connectivity index (χ4v) is 4.76. The highest BCUT2D eigenvalue weighted by Crippen LogP contribution is 2.35. The van der Waals surface area contributed by atoms with Gasteiger partial charge in [0.05, 0.1) is 18.3 Å². The van der Waals surface area contributed by atoms with Crippen LogP contribution in [0.3, 0.4) is 0 Å². The van der Waals surface area contributed by atoms with E-state index in [0.717, 1.165) is 35.2 Å². The number of ether oxygens (including phenoxy) is 1. The smallest absolute Gasteiger partial charge is 0.262 e. The number of aryl methyl sites for hydroxylation is 2. The van der Waals surface area contributed by atoms with E-state index in [2.05, 4.69) is 11.9 Å². The third-order valence-corrected chi connectivity index (χ3v) is 6.07. The maximum absolute atomic E-state index is 12.9. The predicted octanol–water partition coefficient (Wildman–Crippen LogP) is 3.97. The van der Waals surface area contributed by atoms with Crippen LogP contribution in [0.5, 0.6) is 5.75 Å². The lowest BCUT2D eigenvalue weighted by Gasteiger charge is -2.17. The highest BCUT2D eigenvalue weighted by Gasteiger charge is 2.23. The van der Waals surface area contributed by atoms with Crippen LogP contribution in [0.15, 0.2) is 35.4 Å². The van der Waals surface area contributed by atoms with Crippen LogP contribution in [-0.4, -0.2) is 16.2 Å². The van der Waals surface area contributed by atoms with Gasteiger partial charge in [-0.2, -0.15) is 0 Å². The molecule has 0 unspecified atom stereocenters. The molecule has 2 heterocycles. The van der Waals surface area contributed by atoms with Crippen LogP contribution in [0.25, 0.3) is 10.2 Å². The van der Waals surface area contributed by atoms with E-state index in [0.29, 0.717) is 19.1 Å². The van der Waals surface area contributed by atoms with Crippen molar-refractivity contribution in [2.45, 2.75) is 39.7 Å². The van der Waals surface area contributed by atoms with Crippen molar-refractivity contribution in [1.82, 2.24) is 9.55 Å². The monoisotopic (exact) mass is 354 g/mol. The summed E-state index contributed by atoms with van der Waals surface area (Å²) in [5, 5.41) is 0.838. The first kappa shape index (κ1) is 16.3. The van der Waals surface area contributed by atoms with E-state index in [1.54, 1.807) is 22.2 Å². The van der Waals surface area contributed by atoms with Gasteiger partial charge in [0.2, 0.25) is 0 Å². The van der Waals surface area contributed by atoms with Crippen LogP contribution in [0.4, 0.5) is 0 Å². The van der Waals surface area contributed by atoms with Crippen LogP contribution >= 0.6 is 11.3 Å². The summed E-state index contributed by atoms with van der Waals surface area (Å²) in [6.07, 6.45) is 4.89. The summed E-state index contributed by atoms with van der Waals surface area (Å²) >= 11 is 1.69. The van der Waals surface area contributed by atoms with Gasteiger partial charge in [-0.3, -0.25) is 9.36 Å². The molecule has 0 bridgehead atoms. The Morgan fingerprint density at radius 2 is 2.12 bits per heavy atom. The van der Waals surface area contributed by atoms with Crippen molar-refractivity contribution in [2.24, 2.45) is 5.92 Å². The maximum atomic E-state index is 12.9. The Morgan fingerprint density at radius 3 is 2.92 bits per heavy atom. The first-order chi connectivity index (χ1) is 12.1. The molecule has 2 aromatic heterocycles. The minimum Gasteiger partial charge on any atom is -0.492 e. The number of aromatic nitrogens is 2. The number of rotatable bonds is 4. The Kier molecular flexibility index (Phi) is 4.34. The maximum Gasteiger partial charge on any atom is 0.262 e. The van der Waals surface area contributed by atoms with Gasteiger partial charge in [0.1, 0.15) is 17.2 Å². The van der Waals surface area contributed by atoms with Crippen LogP contribution in [-0.2, 0) is 19.4 Å². The zero-order chi connectivity index (χ0) is 17.4. The van der Waals surface area contributed by atoms with E-state index >= 15 is 0 Å². The number of fused-ring (bicyclic) bond motifs is 3. The molecular weight excluding hydrogens is 332 g/mol. The molecule has 4 nitrogen and oxygen atoms in total. The molecule has 3 aromatic rings. The summed E-state index contributed by atoms with van der Waals surface area (Å²) in [4.78, 5) is 19.7. The first-order valence-corrected chi connectivity index (χ1v) is 9.62. The number of hydrogen-bond donors (Lipinski definition) is 0. The van der Waals surface area contributed by atoms with Gasteiger partial charge in [-0.1, -0.05) is 24.6 Å². The number of nitrogens with zero attached hydrogens (tertiary/aromatic N) is 2. The Labute approximate surface area is 151 Å². The van der Waals surface area contributed by atoms with Crippen molar-refractivity contribution >= 4 is 21.6 Å². The summed E-state index contributed by atoms with van der Waals surface area (Å²) < 4.78 is 7.44. The molecule has 1 aliphatic rings. The molecule has 0 N–H and O–H groups in total. The molecular formula is C20H22N2O2S. The zero-order valence-corrected chi connectivity index (χ0v) is 15.4. The second-order valence-corrected chi connectivity index (χ2v) is 8.02. The van der Waals surface area contributed by atoms with Crippen LogP contribution < -0.4 is 10.3 Å². The average Bonchev–Trinajstić information content (AvgIpc) is 2.97. The Hall–Kier alpha value is -2.14. The van der Waals surface area contributed by atoms with Gasteiger partial charge in [0.15, 0.2) is 0 Å². The fraction of sp³-hybridized carbons (Fsp3) is 0.400. The van der Waals surface area contributed by atoms with Gasteiger partial charge in [-0.15, -0.1) is 11.3 Å². The average molecular weight is 354 g/mol. The Balaban J connectivity index is 1.55. The second-order valence-electron chi connectivity index (χ2n) is 6.94. The van der Waals surface area contributed by atoms with Crippen LogP contribution in [0, 0.1) is 12.8 Å². The van der Waals surface area contributed by atoms with Crippen molar-refractivity contribution in [3.63, 3.8) is 0 Å². The second kappa shape index (κ2) is 6.64. The highest BCUT2D eigenvalue weighted by molar-refractivity contribution is 7.18. The third kappa shape index (κ3) is 3.21. The molecule has 130 valence electrons. The molecule has 4 rings (SSSR count). The Morgan fingerprint density at radius 1 is 1.32 bits per heavy atom. The van der Waals surface area contributed by atoms with Gasteiger partial charge in [0, 0.05) is 4.88 Å². The summed E-state index contributed by atoms with van der Waals surface area (Å²) in [7, 11) is 0. The number of hydrogen-bond acceptors (Lipinski definition) is 4. The van der Waals surface area contributed by atoms with E-state index in [1.165, 1.54) is 16.0 Å². The lowest BCUT2D eigenvalue weighted by molar-refractivity contribution is 0.296. The molecule has 1 aliphatic carbocycles. The molecule has 0 spiro atoms. The van der Waals surface area contributed by atoms with E-state index in [-0.39, 0.29) is 5.56 Å². The summed E-state index contributed by atoms with van der Waals surface area (Å²) in [6.45, 7) is 5.30. The van der Waals surface area contributed by atoms with Crippen molar-refractivity contribution in [2.75, 3.05) is 6.61 Å². The molecule has 0 aliphatic heterocycles. The minimum absolute atomic E-state index is 0.0737. The summed E-state index contributed by atoms with van der Waals surface area (Å²) in [5.41, 5.74) is 2.52. The van der Waals surface area contributed by atoms with E-state index in [9.17, 15) is 4.79 Å². The molecule has 0 amide bonds. The van der Waals surface area contributed by atoms with Crippen molar-refractivity contribution in [3.8, 4) is 5.75 Å². The molecule has 5 heteroatoms. The summed E-state index contributed by atoms with van der Waals surface area (Å²) in [6, 6.07) is 7.95. The highest BCUT2D eigenvalue weighted by atomic mass is 32.1. The van der Waals surface area contributed by atoms with E-state index < -0.39 is 0 Å². The van der Waals surface area contributed by atoms with Gasteiger partial charge < -0.3 is 4.74 Å². The number of benzene rings is 1. The third-order valence-electron chi connectivity index (χ3n) is 4.90. The normalized spacial score (nSPS) is 16.8. The van der Waals surface area contributed by atoms with Crippen molar-refractivity contribution in [3.05, 3.63) is 57.0 Å². The lowest BCUT2D eigenvalue weighted by Crippen LogP contribution is -2.24. The molecule has 25 heavy (non-hydrogen) atoms. The van der Waals surface area contributed by atoms with Gasteiger partial charge >= 0.3 is 0 Å². The van der Waals surface area contributed by atoms with Crippen LogP contribution in [0.1, 0.15) is 29.3 Å². The van der Waals surface area contributed by atoms with Gasteiger partial charge in [0.25, 0.3) is 5.56 Å². The zero-order valence-electron chi connectivity index (χ0n) is 14.6. The van der Waals surface area contributed by atoms with Crippen molar-refractivity contribution < 1.29 is 4.74 Å². The van der Waals surface area contributed by atoms with E-state index in [4.69, 9.17) is 4.74 Å². The Bertz CT molecular complexity index is 956. The molecule has 0 saturated heterocycles. The first-order valence-electron chi connectivity index (χ1n) is 8.81. The molecule has 1 aromatic carbocycles. The van der Waals surface area contributed by atoms with Gasteiger partial charge in [-0.25, -0.2) is 4.98 Å². The molecule has 1 atom stereocenters. The van der Waals surface area contributed by atoms with E-state index in [1.807, 2.05) is 31.2 Å². The number of thiophene rings is 1. The molecule has 0 saturated carbocycles. The fourth-order valence-electron chi connectivity index (χ4n) is 3.42. The van der Waals surface area contributed by atoms with Crippen LogP contribution in [0.2, 0.25) is 0 Å². The van der Waals surface area contributed by atoms with Crippen molar-refractivity contribution in [1.29, 1.82) is 0 Å². The predicted molar refractivity (Wildman–Crippen MR) is 102 cm³/mol. The lowest BCUT2D eigenvalue weighted by atomic mass is 9.89. The SMILES string of the molecule is Cc1ccc(OCCn2cnc3sc4c(c3c2=O)CC[C@H](C)C4)cc1. The molecule has 0 radical (unpaired) electrons. The standard InChI is InChI=1S/C20H22N2O2S/c1-13-3-6-15(7-4-13)24-10-9-22-12-21-19-18(20(22)23)16-8-5-14(2)11-17(16)25-19/h3-4,6-7,12,14H,5,8-11H2,1-2H3/t14-/m0/s1. The van der Waals surface area contributed by atoms with Gasteiger partial charge in [-0.05, 0) is 49.8 Å². The largest absolute Gasteiger partial charge is 0.492 e. The summed E-state index contributed by atoms with van der Waals surface area (Å²) in [5.74, 6) is 1.53. The molecule has 0 fully saturated rings.